The van der Waals surface area contributed by atoms with Gasteiger partial charge in [-0.1, -0.05) is 108 Å². The summed E-state index contributed by atoms with van der Waals surface area (Å²) in [6.45, 7) is 32.5. The number of hydrogen-bond donors (Lipinski definition) is 0. The van der Waals surface area contributed by atoms with Crippen LogP contribution in [0.5, 0.6) is 0 Å². The van der Waals surface area contributed by atoms with E-state index in [4.69, 9.17) is 0 Å². The molecule has 0 saturated heterocycles. The van der Waals surface area contributed by atoms with E-state index in [1.807, 2.05) is 0 Å². The Morgan fingerprint density at radius 3 is 1.03 bits per heavy atom. The second-order valence-corrected chi connectivity index (χ2v) is 20.0. The second-order valence-electron chi connectivity index (χ2n) is 11.7. The van der Waals surface area contributed by atoms with Gasteiger partial charge in [0.2, 0.25) is 0 Å². The van der Waals surface area contributed by atoms with Gasteiger partial charge in [0.25, 0.3) is 0 Å². The Hall–Kier alpha value is 0.197. The van der Waals surface area contributed by atoms with Crippen LogP contribution in [-0.4, -0.2) is 49.8 Å². The summed E-state index contributed by atoms with van der Waals surface area (Å²) in [4.78, 5) is 0. The van der Waals surface area contributed by atoms with E-state index >= 15 is 0 Å². The third-order valence-electron chi connectivity index (χ3n) is 6.72. The molecule has 0 aliphatic heterocycles. The molecule has 0 saturated carbocycles. The molecule has 200 valence electrons. The number of hydrogen-bond acceptors (Lipinski definition) is 2. The first-order valence-electron chi connectivity index (χ1n) is 13.8. The Morgan fingerprint density at radius 2 is 0.886 bits per heavy atom. The molecule has 2 nitrogen and oxygen atoms in total. The van der Waals surface area contributed by atoms with Gasteiger partial charge in [0, 0.05) is 0 Å². The van der Waals surface area contributed by atoms with Crippen LogP contribution in [0.4, 0.5) is 0 Å². The van der Waals surface area contributed by atoms with Crippen LogP contribution in [0.2, 0.25) is 26.2 Å². The number of allylic oxidation sites excluding steroid dienone is 8. The molecule has 0 heterocycles. The monoisotopic (exact) mass is 592 g/mol. The molecule has 0 unspecified atom stereocenters. The van der Waals surface area contributed by atoms with Gasteiger partial charge >= 0.3 is 26.2 Å². The summed E-state index contributed by atoms with van der Waals surface area (Å²) in [5.74, 6) is 0. The fourth-order valence-electron chi connectivity index (χ4n) is 5.70. The third kappa shape index (κ3) is 11.6. The predicted octanol–water partition coefficient (Wildman–Crippen LogP) is 8.88. The fraction of sp³-hybridized carbons (Fsp3) is 0.733. The molecule has 35 heavy (non-hydrogen) atoms. The van der Waals surface area contributed by atoms with Crippen LogP contribution in [-0.2, 0) is 26.2 Å². The van der Waals surface area contributed by atoms with Crippen molar-refractivity contribution >= 4 is 16.5 Å². The van der Waals surface area contributed by atoms with Gasteiger partial charge < -0.3 is 9.13 Å². The van der Waals surface area contributed by atoms with Crippen LogP contribution >= 0.6 is 0 Å². The van der Waals surface area contributed by atoms with Gasteiger partial charge in [-0.3, -0.25) is 12.2 Å². The number of nitrogens with zero attached hydrogens (tertiary/aromatic N) is 2. The van der Waals surface area contributed by atoms with Crippen LogP contribution in [0.15, 0.2) is 34.7 Å². The Morgan fingerprint density at radius 1 is 0.629 bits per heavy atom. The summed E-state index contributed by atoms with van der Waals surface area (Å²) in [6.07, 6.45) is 20.7. The van der Waals surface area contributed by atoms with Crippen LogP contribution in [0.25, 0.3) is 0 Å². The van der Waals surface area contributed by atoms with Crippen LogP contribution in [0, 0.1) is 12.2 Å². The molecule has 0 amide bonds. The minimum Gasteiger partial charge on any atom is -0.318 e. The molecule has 2 aliphatic rings. The first kappa shape index (κ1) is 37.3. The van der Waals surface area contributed by atoms with Crippen LogP contribution < -0.4 is 0 Å². The van der Waals surface area contributed by atoms with E-state index in [9.17, 15) is 0 Å². The van der Waals surface area contributed by atoms with E-state index in [-0.39, 0.29) is 26.2 Å². The summed E-state index contributed by atoms with van der Waals surface area (Å²) in [5, 5.41) is 2.95. The first-order chi connectivity index (χ1) is 15.7. The Balaban J connectivity index is 0. The summed E-state index contributed by atoms with van der Waals surface area (Å²) in [6, 6.07) is 2.48. The van der Waals surface area contributed by atoms with Crippen molar-refractivity contribution in [3.8, 4) is 0 Å². The van der Waals surface area contributed by atoms with Crippen molar-refractivity contribution in [2.24, 2.45) is 0 Å². The second kappa shape index (κ2) is 17.7. The molecular weight excluding hydrogens is 536 g/mol. The van der Waals surface area contributed by atoms with Gasteiger partial charge in [0.05, 0.1) is 0 Å². The number of rotatable bonds is 9. The van der Waals surface area contributed by atoms with Crippen LogP contribution in [0.3, 0.4) is 0 Å². The predicted molar refractivity (Wildman–Crippen MR) is 161 cm³/mol. The van der Waals surface area contributed by atoms with Crippen molar-refractivity contribution in [1.82, 2.24) is 9.13 Å². The molecule has 0 spiro atoms. The van der Waals surface area contributed by atoms with Crippen molar-refractivity contribution in [2.45, 2.75) is 145 Å². The Kier molecular flexibility index (Phi) is 18.8. The third-order valence-corrected chi connectivity index (χ3v) is 14.7. The van der Waals surface area contributed by atoms with E-state index in [0.717, 1.165) is 12.8 Å². The van der Waals surface area contributed by atoms with Crippen molar-refractivity contribution in [2.75, 3.05) is 0 Å². The fourth-order valence-corrected chi connectivity index (χ4v) is 13.5. The summed E-state index contributed by atoms with van der Waals surface area (Å²) in [5.41, 5.74) is 0. The summed E-state index contributed by atoms with van der Waals surface area (Å²) >= 11 is 0. The topological polar surface area (TPSA) is 6.48 Å². The number of unbranched alkanes of at least 4 members (excludes halogenated alkanes) is 1. The smallest absolute Gasteiger partial charge is 0.318 e. The maximum atomic E-state index is 3.51. The molecule has 0 fully saturated rings. The summed E-state index contributed by atoms with van der Waals surface area (Å²) < 4.78 is 5.37. The molecule has 2 rings (SSSR count). The van der Waals surface area contributed by atoms with Gasteiger partial charge in [-0.15, -0.1) is 12.8 Å². The average molecular weight is 594 g/mol. The largest absolute Gasteiger partial charge is 2.00 e. The zero-order valence-electron chi connectivity index (χ0n) is 25.8. The molecule has 0 radical (unpaired) electrons. The molecule has 2 aliphatic carbocycles. The van der Waals surface area contributed by atoms with Gasteiger partial charge in [0.1, 0.15) is 16.5 Å². The van der Waals surface area contributed by atoms with Gasteiger partial charge in [-0.2, -0.15) is 12.2 Å². The molecule has 0 aromatic rings. The van der Waals surface area contributed by atoms with E-state index in [2.05, 4.69) is 141 Å². The SMILES string of the molecule is CC(C)N(C(C)C)[Si](C)(C)C1=[C-]CC=C1.CC(C)N(C(C)C)[Si](C)(C)C1=[C-]CC=C1.CCCC.[Zr+2]. The zero-order chi connectivity index (χ0) is 26.7. The van der Waals surface area contributed by atoms with Crippen molar-refractivity contribution in [3.63, 3.8) is 0 Å². The van der Waals surface area contributed by atoms with Crippen LogP contribution in [0.1, 0.15) is 94.9 Å². The maximum absolute atomic E-state index is 3.51. The van der Waals surface area contributed by atoms with Gasteiger partial charge in [0.15, 0.2) is 0 Å². The van der Waals surface area contributed by atoms with Gasteiger partial charge in [-0.25, -0.2) is 22.5 Å². The molecule has 0 atom stereocenters. The minimum atomic E-state index is -1.47. The van der Waals surface area contributed by atoms with E-state index in [1.54, 1.807) is 0 Å². The Bertz CT molecular complexity index is 625. The minimum absolute atomic E-state index is 0. The molecule has 0 N–H and O–H groups in total. The molecule has 5 heteroatoms. The zero-order valence-corrected chi connectivity index (χ0v) is 30.3. The maximum Gasteiger partial charge on any atom is 2.00 e. The quantitative estimate of drug-likeness (QED) is 0.195. The van der Waals surface area contributed by atoms with E-state index in [0.29, 0.717) is 24.2 Å². The normalized spacial score (nSPS) is 15.4. The summed E-state index contributed by atoms with van der Waals surface area (Å²) in [7, 11) is -2.95. The van der Waals surface area contributed by atoms with E-state index < -0.39 is 16.5 Å². The van der Waals surface area contributed by atoms with E-state index in [1.165, 1.54) is 23.2 Å². The van der Waals surface area contributed by atoms with Crippen molar-refractivity contribution < 1.29 is 26.2 Å². The molecule has 0 aromatic heterocycles. The molecular formula is C30H58N2Si2Zr. The van der Waals surface area contributed by atoms with Crippen molar-refractivity contribution in [1.29, 1.82) is 0 Å². The molecule has 0 bridgehead atoms. The molecule has 0 aromatic carbocycles. The average Bonchev–Trinajstić information content (AvgIpc) is 3.41. The Labute approximate surface area is 242 Å². The first-order valence-corrected chi connectivity index (χ1v) is 19.7. The van der Waals surface area contributed by atoms with Crippen molar-refractivity contribution in [3.05, 3.63) is 46.8 Å². The standard InChI is InChI=1S/2C13H24NSi.C4H10.Zr/c2*1-11(2)14(12(3)4)15(5,6)13-9-7-8-10-13;1-3-4-2;/h2*7,9,11-12H,8H2,1-6H3;3-4H2,1-2H3;/q2*-1;;+2. The van der Waals surface area contributed by atoms with Gasteiger partial charge in [-0.05, 0) is 24.2 Å².